The third-order valence-electron chi connectivity index (χ3n) is 8.09. The predicted octanol–water partition coefficient (Wildman–Crippen LogP) is 6.33. The Morgan fingerprint density at radius 1 is 0.775 bits per heavy atom. The molecule has 1 aromatic heterocycles. The van der Waals surface area contributed by atoms with Crippen LogP contribution in [0, 0.1) is 0 Å². The summed E-state index contributed by atoms with van der Waals surface area (Å²) in [5.41, 5.74) is 6.44. The Hall–Kier alpha value is -4.55. The number of rotatable bonds is 5. The Labute approximate surface area is 233 Å². The molecule has 6 heteroatoms. The third kappa shape index (κ3) is 4.82. The quantitative estimate of drug-likeness (QED) is 0.269. The summed E-state index contributed by atoms with van der Waals surface area (Å²) in [4.78, 5) is 26.8. The van der Waals surface area contributed by atoms with Gasteiger partial charge in [0.05, 0.1) is 17.7 Å². The molecule has 0 spiro atoms. The van der Waals surface area contributed by atoms with Crippen LogP contribution < -0.4 is 10.6 Å². The van der Waals surface area contributed by atoms with Crippen molar-refractivity contribution in [3.05, 3.63) is 136 Å². The number of anilines is 1. The lowest BCUT2D eigenvalue weighted by Gasteiger charge is -2.33. The van der Waals surface area contributed by atoms with E-state index in [0.29, 0.717) is 0 Å². The van der Waals surface area contributed by atoms with Crippen LogP contribution in [-0.2, 0) is 13.1 Å². The summed E-state index contributed by atoms with van der Waals surface area (Å²) in [6.45, 7) is 3.61. The molecular weight excluding hydrogens is 494 g/mol. The van der Waals surface area contributed by atoms with E-state index >= 15 is 0 Å². The Bertz CT molecular complexity index is 1730. The molecule has 0 saturated carbocycles. The van der Waals surface area contributed by atoms with Crippen molar-refractivity contribution in [3.63, 3.8) is 0 Å². The second-order valence-corrected chi connectivity index (χ2v) is 10.7. The van der Waals surface area contributed by atoms with E-state index in [1.54, 1.807) is 0 Å². The molecule has 0 amide bonds. The van der Waals surface area contributed by atoms with Gasteiger partial charge in [-0.3, -0.25) is 9.47 Å². The molecule has 0 aliphatic carbocycles. The number of piperidine rings is 1. The number of aliphatic imine (C=N–C) groups is 1. The molecule has 40 heavy (non-hydrogen) atoms. The topological polar surface area (TPSA) is 53.7 Å². The van der Waals surface area contributed by atoms with Crippen molar-refractivity contribution >= 4 is 28.1 Å². The van der Waals surface area contributed by atoms with Crippen molar-refractivity contribution in [2.75, 3.05) is 18.0 Å². The molecule has 0 atom stereocenters. The number of aromatic nitrogens is 2. The van der Waals surface area contributed by atoms with Crippen molar-refractivity contribution < 1.29 is 0 Å². The summed E-state index contributed by atoms with van der Waals surface area (Å²) in [6.07, 6.45) is 3.87. The smallest absolute Gasteiger partial charge is 0.321 e. The average Bonchev–Trinajstić information content (AvgIpc) is 3.01. The molecule has 1 saturated heterocycles. The highest BCUT2D eigenvalue weighted by molar-refractivity contribution is 6.12. The number of nitrogens with zero attached hydrogens (tertiary/aromatic N) is 5. The first kappa shape index (κ1) is 24.5. The SMILES string of the molecule is O=c1nc2ccccc2cn1C1CCN(Cc2ccc(N3Cc4ccccc4N=C3c3ccccc3)cc2)CC1. The highest BCUT2D eigenvalue weighted by Crippen LogP contribution is 2.32. The van der Waals surface area contributed by atoms with E-state index in [0.717, 1.165) is 72.7 Å². The van der Waals surface area contributed by atoms with E-state index < -0.39 is 0 Å². The van der Waals surface area contributed by atoms with Gasteiger partial charge in [0.1, 0.15) is 5.84 Å². The van der Waals surface area contributed by atoms with Gasteiger partial charge in [-0.15, -0.1) is 0 Å². The fourth-order valence-corrected chi connectivity index (χ4v) is 5.92. The predicted molar refractivity (Wildman–Crippen MR) is 161 cm³/mol. The molecule has 7 rings (SSSR count). The summed E-state index contributed by atoms with van der Waals surface area (Å²) in [5.74, 6) is 0.979. The monoisotopic (exact) mass is 525 g/mol. The molecule has 4 aromatic carbocycles. The number of hydrogen-bond donors (Lipinski definition) is 0. The maximum atomic E-state index is 12.7. The van der Waals surface area contributed by atoms with Crippen molar-refractivity contribution in [1.82, 2.24) is 14.5 Å². The van der Waals surface area contributed by atoms with Crippen LogP contribution in [0.15, 0.2) is 119 Å². The van der Waals surface area contributed by atoms with E-state index in [2.05, 4.69) is 87.6 Å². The molecule has 6 nitrogen and oxygen atoms in total. The zero-order valence-electron chi connectivity index (χ0n) is 22.4. The highest BCUT2D eigenvalue weighted by Gasteiger charge is 2.24. The fraction of sp³-hybridized carbons (Fsp3) is 0.206. The van der Waals surface area contributed by atoms with E-state index in [4.69, 9.17) is 4.99 Å². The van der Waals surface area contributed by atoms with Crippen molar-refractivity contribution in [2.24, 2.45) is 4.99 Å². The normalized spacial score (nSPS) is 16.1. The lowest BCUT2D eigenvalue weighted by atomic mass is 10.0. The largest absolute Gasteiger partial charge is 0.348 e. The van der Waals surface area contributed by atoms with Gasteiger partial charge in [-0.05, 0) is 48.2 Å². The van der Waals surface area contributed by atoms with Crippen LogP contribution in [0.2, 0.25) is 0 Å². The number of fused-ring (bicyclic) bond motifs is 2. The Balaban J connectivity index is 1.05. The van der Waals surface area contributed by atoms with Gasteiger partial charge < -0.3 is 4.90 Å². The van der Waals surface area contributed by atoms with Crippen LogP contribution in [0.3, 0.4) is 0 Å². The number of amidine groups is 1. The van der Waals surface area contributed by atoms with Gasteiger partial charge in [0, 0.05) is 48.5 Å². The summed E-state index contributed by atoms with van der Waals surface area (Å²) < 4.78 is 1.84. The second kappa shape index (κ2) is 10.5. The molecule has 0 radical (unpaired) electrons. The summed E-state index contributed by atoms with van der Waals surface area (Å²) in [6, 6.07) is 35.7. The first-order valence-electron chi connectivity index (χ1n) is 14.0. The maximum absolute atomic E-state index is 12.7. The van der Waals surface area contributed by atoms with Crippen LogP contribution in [0.1, 0.15) is 35.6 Å². The molecule has 0 N–H and O–H groups in total. The summed E-state index contributed by atoms with van der Waals surface area (Å²) in [5, 5.41) is 1.02. The van der Waals surface area contributed by atoms with Crippen LogP contribution in [0.5, 0.6) is 0 Å². The fourth-order valence-electron chi connectivity index (χ4n) is 5.92. The molecule has 2 aliphatic rings. The summed E-state index contributed by atoms with van der Waals surface area (Å²) in [7, 11) is 0. The van der Waals surface area contributed by atoms with Crippen molar-refractivity contribution in [2.45, 2.75) is 32.0 Å². The number of benzene rings is 4. The Morgan fingerprint density at radius 3 is 2.33 bits per heavy atom. The van der Waals surface area contributed by atoms with Crippen molar-refractivity contribution in [1.29, 1.82) is 0 Å². The van der Waals surface area contributed by atoms with Crippen LogP contribution in [0.25, 0.3) is 10.9 Å². The third-order valence-corrected chi connectivity index (χ3v) is 8.09. The van der Waals surface area contributed by atoms with Crippen LogP contribution in [-0.4, -0.2) is 33.4 Å². The maximum Gasteiger partial charge on any atom is 0.348 e. The molecule has 5 aromatic rings. The van der Waals surface area contributed by atoms with Gasteiger partial charge in [-0.2, -0.15) is 4.98 Å². The minimum Gasteiger partial charge on any atom is -0.321 e. The molecule has 198 valence electrons. The first-order valence-corrected chi connectivity index (χ1v) is 14.0. The molecule has 0 bridgehead atoms. The minimum atomic E-state index is -0.147. The molecule has 1 fully saturated rings. The van der Waals surface area contributed by atoms with Crippen LogP contribution >= 0.6 is 0 Å². The van der Waals surface area contributed by atoms with Gasteiger partial charge in [-0.25, -0.2) is 9.79 Å². The first-order chi connectivity index (χ1) is 19.7. The van der Waals surface area contributed by atoms with E-state index in [-0.39, 0.29) is 11.7 Å². The zero-order valence-corrected chi connectivity index (χ0v) is 22.4. The minimum absolute atomic E-state index is 0.147. The van der Waals surface area contributed by atoms with Gasteiger partial charge in [-0.1, -0.05) is 78.9 Å². The lowest BCUT2D eigenvalue weighted by molar-refractivity contribution is 0.177. The van der Waals surface area contributed by atoms with Crippen molar-refractivity contribution in [3.8, 4) is 0 Å². The van der Waals surface area contributed by atoms with Crippen LogP contribution in [0.4, 0.5) is 11.4 Å². The molecular formula is C34H31N5O. The number of hydrogen-bond acceptors (Lipinski definition) is 5. The van der Waals surface area contributed by atoms with E-state index in [9.17, 15) is 4.79 Å². The number of para-hydroxylation sites is 2. The Morgan fingerprint density at radius 2 is 1.50 bits per heavy atom. The van der Waals surface area contributed by atoms with Gasteiger partial charge in [0.2, 0.25) is 0 Å². The van der Waals surface area contributed by atoms with Gasteiger partial charge in [0.25, 0.3) is 0 Å². The number of likely N-dealkylation sites (tertiary alicyclic amines) is 1. The van der Waals surface area contributed by atoms with E-state index in [1.807, 2.05) is 41.1 Å². The molecule has 3 heterocycles. The zero-order chi connectivity index (χ0) is 26.9. The standard InChI is InChI=1S/C34H31N5O/c40-34-36-32-13-7-5-11-28(32)24-39(34)30-18-20-37(21-19-30)22-25-14-16-29(17-15-25)38-23-27-10-4-6-12-31(27)35-33(38)26-8-2-1-3-9-26/h1-17,24,30H,18-23H2. The highest BCUT2D eigenvalue weighted by atomic mass is 16.1. The lowest BCUT2D eigenvalue weighted by Crippen LogP contribution is -2.37. The molecule has 2 aliphatic heterocycles. The summed E-state index contributed by atoms with van der Waals surface area (Å²) >= 11 is 0. The second-order valence-electron chi connectivity index (χ2n) is 10.7. The average molecular weight is 526 g/mol. The van der Waals surface area contributed by atoms with E-state index in [1.165, 1.54) is 11.1 Å². The molecule has 0 unspecified atom stereocenters. The van der Waals surface area contributed by atoms with Gasteiger partial charge in [0.15, 0.2) is 0 Å². The van der Waals surface area contributed by atoms with Gasteiger partial charge >= 0.3 is 5.69 Å². The Kier molecular flexibility index (Phi) is 6.46.